The van der Waals surface area contributed by atoms with Gasteiger partial charge in [-0.1, -0.05) is 12.1 Å². The van der Waals surface area contributed by atoms with Crippen LogP contribution in [-0.4, -0.2) is 41.4 Å². The number of nitro groups is 1. The summed E-state index contributed by atoms with van der Waals surface area (Å²) < 4.78 is 0. The topological polar surface area (TPSA) is 75.5 Å². The predicted molar refractivity (Wildman–Crippen MR) is 78.4 cm³/mol. The Morgan fingerprint density at radius 2 is 2.20 bits per heavy atom. The molecular formula is C13H18ClN3O3. The van der Waals surface area contributed by atoms with Crippen molar-refractivity contribution in [3.05, 3.63) is 39.4 Å². The number of halogens is 1. The van der Waals surface area contributed by atoms with Gasteiger partial charge in [-0.05, 0) is 19.4 Å². The third-order valence-corrected chi connectivity index (χ3v) is 3.32. The maximum atomic E-state index is 12.5. The monoisotopic (exact) mass is 299 g/mol. The molecule has 0 aliphatic carbocycles. The van der Waals surface area contributed by atoms with Crippen LogP contribution in [0.5, 0.6) is 0 Å². The average molecular weight is 300 g/mol. The summed E-state index contributed by atoms with van der Waals surface area (Å²) in [5.41, 5.74) is 0.739. The van der Waals surface area contributed by atoms with Crippen molar-refractivity contribution in [2.24, 2.45) is 0 Å². The fraction of sp³-hybridized carbons (Fsp3) is 0.462. The smallest absolute Gasteiger partial charge is 0.282 e. The Morgan fingerprint density at radius 3 is 2.80 bits per heavy atom. The lowest BCUT2D eigenvalue weighted by Crippen LogP contribution is -2.51. The van der Waals surface area contributed by atoms with E-state index in [0.29, 0.717) is 25.2 Å². The van der Waals surface area contributed by atoms with Gasteiger partial charge in [-0.15, -0.1) is 12.4 Å². The first-order chi connectivity index (χ1) is 9.00. The molecule has 20 heavy (non-hydrogen) atoms. The molecule has 1 aromatic carbocycles. The van der Waals surface area contributed by atoms with Crippen LogP contribution in [0.3, 0.4) is 0 Å². The van der Waals surface area contributed by atoms with Gasteiger partial charge in [0.15, 0.2) is 0 Å². The van der Waals surface area contributed by atoms with E-state index in [9.17, 15) is 14.9 Å². The zero-order chi connectivity index (χ0) is 14.0. The minimum atomic E-state index is -0.494. The molecule has 0 spiro atoms. The average Bonchev–Trinajstić information content (AvgIpc) is 2.37. The molecule has 1 saturated heterocycles. The summed E-state index contributed by atoms with van der Waals surface area (Å²) in [7, 11) is 0. The molecule has 2 rings (SSSR count). The molecule has 1 aliphatic rings. The highest BCUT2D eigenvalue weighted by molar-refractivity contribution is 5.99. The minimum Gasteiger partial charge on any atom is -0.336 e. The molecule has 1 amide bonds. The maximum Gasteiger partial charge on any atom is 0.282 e. The molecular weight excluding hydrogens is 282 g/mol. The molecule has 1 heterocycles. The van der Waals surface area contributed by atoms with Crippen molar-refractivity contribution in [1.29, 1.82) is 0 Å². The van der Waals surface area contributed by atoms with Gasteiger partial charge in [0.05, 0.1) is 4.92 Å². The number of hydrogen-bond acceptors (Lipinski definition) is 4. The first-order valence-corrected chi connectivity index (χ1v) is 6.27. The van der Waals surface area contributed by atoms with Crippen LogP contribution in [0.15, 0.2) is 18.2 Å². The summed E-state index contributed by atoms with van der Waals surface area (Å²) in [4.78, 5) is 24.7. The Morgan fingerprint density at radius 1 is 1.50 bits per heavy atom. The van der Waals surface area contributed by atoms with E-state index >= 15 is 0 Å². The molecule has 6 nitrogen and oxygen atoms in total. The number of rotatable bonds is 2. The zero-order valence-corrected chi connectivity index (χ0v) is 12.3. The summed E-state index contributed by atoms with van der Waals surface area (Å²) in [5.74, 6) is -0.252. The molecule has 0 aromatic heterocycles. The maximum absolute atomic E-state index is 12.5. The van der Waals surface area contributed by atoms with Crippen LogP contribution in [0.4, 0.5) is 5.69 Å². The van der Waals surface area contributed by atoms with Crippen molar-refractivity contribution in [2.45, 2.75) is 19.9 Å². The summed E-state index contributed by atoms with van der Waals surface area (Å²) in [6.07, 6.45) is 0. The van der Waals surface area contributed by atoms with Crippen LogP contribution >= 0.6 is 12.4 Å². The predicted octanol–water partition coefficient (Wildman–Crippen LogP) is 1.76. The van der Waals surface area contributed by atoms with Crippen LogP contribution < -0.4 is 5.32 Å². The quantitative estimate of drug-likeness (QED) is 0.667. The number of amides is 1. The Bertz CT molecular complexity index is 522. The van der Waals surface area contributed by atoms with Crippen molar-refractivity contribution in [1.82, 2.24) is 10.2 Å². The molecule has 0 radical (unpaired) electrons. The van der Waals surface area contributed by atoms with E-state index in [1.807, 2.05) is 6.92 Å². The zero-order valence-electron chi connectivity index (χ0n) is 11.5. The molecule has 1 N–H and O–H groups in total. The van der Waals surface area contributed by atoms with Gasteiger partial charge in [0.2, 0.25) is 0 Å². The van der Waals surface area contributed by atoms with Gasteiger partial charge >= 0.3 is 0 Å². The second-order valence-electron chi connectivity index (χ2n) is 4.83. The molecule has 1 atom stereocenters. The van der Waals surface area contributed by atoms with Gasteiger partial charge in [0, 0.05) is 31.7 Å². The summed E-state index contributed by atoms with van der Waals surface area (Å²) >= 11 is 0. The molecule has 110 valence electrons. The number of carbonyl (C=O) groups is 1. The SMILES string of the molecule is Cc1cccc([N+](=O)[O-])c1C(=O)N1CCNC(C)C1.Cl. The number of hydrogen-bond donors (Lipinski definition) is 1. The van der Waals surface area contributed by atoms with E-state index in [1.54, 1.807) is 24.0 Å². The van der Waals surface area contributed by atoms with Gasteiger partial charge in [-0.25, -0.2) is 0 Å². The van der Waals surface area contributed by atoms with Crippen molar-refractivity contribution < 1.29 is 9.72 Å². The van der Waals surface area contributed by atoms with Gasteiger partial charge in [-0.3, -0.25) is 14.9 Å². The van der Waals surface area contributed by atoms with Gasteiger partial charge in [0.25, 0.3) is 11.6 Å². The number of carbonyl (C=O) groups excluding carboxylic acids is 1. The summed E-state index contributed by atoms with van der Waals surface area (Å²) in [6.45, 7) is 5.59. The third-order valence-electron chi connectivity index (χ3n) is 3.32. The molecule has 1 aliphatic heterocycles. The normalized spacial score (nSPS) is 18.3. The highest BCUT2D eigenvalue weighted by Gasteiger charge is 2.28. The largest absolute Gasteiger partial charge is 0.336 e. The number of benzene rings is 1. The summed E-state index contributed by atoms with van der Waals surface area (Å²) in [5, 5.41) is 14.3. The fourth-order valence-electron chi connectivity index (χ4n) is 2.36. The lowest BCUT2D eigenvalue weighted by molar-refractivity contribution is -0.385. The lowest BCUT2D eigenvalue weighted by atomic mass is 10.0. The van der Waals surface area contributed by atoms with Crippen molar-refractivity contribution in [3.63, 3.8) is 0 Å². The number of nitrogens with zero attached hydrogens (tertiary/aromatic N) is 2. The van der Waals surface area contributed by atoms with Crippen molar-refractivity contribution in [3.8, 4) is 0 Å². The Balaban J connectivity index is 0.00000200. The number of piperazine rings is 1. The van der Waals surface area contributed by atoms with Crippen LogP contribution in [0, 0.1) is 17.0 Å². The first-order valence-electron chi connectivity index (χ1n) is 6.27. The number of nitrogens with one attached hydrogen (secondary N) is 1. The molecule has 1 fully saturated rings. The van der Waals surface area contributed by atoms with Gasteiger partial charge < -0.3 is 10.2 Å². The summed E-state index contributed by atoms with van der Waals surface area (Å²) in [6, 6.07) is 4.92. The Kier molecular flexibility index (Phi) is 5.47. The van der Waals surface area contributed by atoms with E-state index < -0.39 is 4.92 Å². The Hall–Kier alpha value is -1.66. The third kappa shape index (κ3) is 3.26. The van der Waals surface area contributed by atoms with Crippen LogP contribution in [0.2, 0.25) is 0 Å². The lowest BCUT2D eigenvalue weighted by Gasteiger charge is -2.32. The molecule has 7 heteroatoms. The van der Waals surface area contributed by atoms with E-state index in [0.717, 1.165) is 0 Å². The van der Waals surface area contributed by atoms with Crippen LogP contribution in [-0.2, 0) is 0 Å². The van der Waals surface area contributed by atoms with Crippen molar-refractivity contribution in [2.75, 3.05) is 19.6 Å². The minimum absolute atomic E-state index is 0. The van der Waals surface area contributed by atoms with Crippen molar-refractivity contribution >= 4 is 24.0 Å². The fourth-order valence-corrected chi connectivity index (χ4v) is 2.36. The van der Waals surface area contributed by atoms with E-state index in [-0.39, 0.29) is 35.6 Å². The van der Waals surface area contributed by atoms with Crippen LogP contribution in [0.1, 0.15) is 22.8 Å². The Labute approximate surface area is 123 Å². The number of aryl methyl sites for hydroxylation is 1. The standard InChI is InChI=1S/C13H17N3O3.ClH/c1-9-4-3-5-11(16(18)19)12(9)13(17)15-7-6-14-10(2)8-15;/h3-5,10,14H,6-8H2,1-2H3;1H. The molecule has 0 saturated carbocycles. The molecule has 1 aromatic rings. The second kappa shape index (κ2) is 6.67. The van der Waals surface area contributed by atoms with E-state index in [4.69, 9.17) is 0 Å². The van der Waals surface area contributed by atoms with Gasteiger partial charge in [0.1, 0.15) is 5.56 Å². The van der Waals surface area contributed by atoms with Crippen LogP contribution in [0.25, 0.3) is 0 Å². The molecule has 1 unspecified atom stereocenters. The van der Waals surface area contributed by atoms with E-state index in [1.165, 1.54) is 6.07 Å². The molecule has 0 bridgehead atoms. The highest BCUT2D eigenvalue weighted by atomic mass is 35.5. The first kappa shape index (κ1) is 16.4. The van der Waals surface area contributed by atoms with E-state index in [2.05, 4.69) is 5.32 Å². The number of nitro benzene ring substituents is 1. The van der Waals surface area contributed by atoms with Gasteiger partial charge in [-0.2, -0.15) is 0 Å². The highest BCUT2D eigenvalue weighted by Crippen LogP contribution is 2.23. The second-order valence-corrected chi connectivity index (χ2v) is 4.83.